The number of anilines is 1. The second-order valence-corrected chi connectivity index (χ2v) is 8.40. The maximum absolute atomic E-state index is 12.4. The van der Waals surface area contributed by atoms with Crippen molar-refractivity contribution in [1.29, 1.82) is 0 Å². The van der Waals surface area contributed by atoms with Crippen LogP contribution in [-0.4, -0.2) is 20.9 Å². The zero-order valence-electron chi connectivity index (χ0n) is 14.6. The van der Waals surface area contributed by atoms with Crippen molar-refractivity contribution in [2.45, 2.75) is 37.0 Å². The zero-order chi connectivity index (χ0) is 18.4. The Morgan fingerprint density at radius 3 is 2.42 bits per heavy atom. The van der Waals surface area contributed by atoms with Crippen LogP contribution in [0.3, 0.4) is 0 Å². The molecule has 2 aromatic rings. The van der Waals surface area contributed by atoms with Gasteiger partial charge in [0, 0.05) is 17.8 Å². The maximum Gasteiger partial charge on any atom is 0.261 e. The van der Waals surface area contributed by atoms with Crippen LogP contribution in [0.25, 0.3) is 0 Å². The Bertz CT molecular complexity index is 844. The lowest BCUT2D eigenvalue weighted by molar-refractivity contribution is 0.0943. The molecule has 2 N–H and O–H groups in total. The molecule has 0 unspecified atom stereocenters. The highest BCUT2D eigenvalue weighted by molar-refractivity contribution is 7.92. The Labute approximate surface area is 154 Å². The first kappa shape index (κ1) is 18.5. The predicted molar refractivity (Wildman–Crippen MR) is 103 cm³/mol. The Morgan fingerprint density at radius 1 is 0.962 bits per heavy atom. The van der Waals surface area contributed by atoms with Gasteiger partial charge in [0.25, 0.3) is 15.9 Å². The van der Waals surface area contributed by atoms with E-state index in [0.29, 0.717) is 23.7 Å². The highest BCUT2D eigenvalue weighted by Crippen LogP contribution is 2.23. The molecule has 0 saturated heterocycles. The summed E-state index contributed by atoms with van der Waals surface area (Å²) in [6, 6.07) is 14.7. The van der Waals surface area contributed by atoms with Gasteiger partial charge in [-0.15, -0.1) is 0 Å². The van der Waals surface area contributed by atoms with Crippen molar-refractivity contribution in [3.63, 3.8) is 0 Å². The quantitative estimate of drug-likeness (QED) is 0.810. The molecule has 0 atom stereocenters. The lowest BCUT2D eigenvalue weighted by Crippen LogP contribution is -2.30. The Morgan fingerprint density at radius 2 is 1.69 bits per heavy atom. The molecule has 1 fully saturated rings. The molecule has 1 amide bonds. The van der Waals surface area contributed by atoms with Gasteiger partial charge in [0.2, 0.25) is 0 Å². The number of rotatable bonds is 6. The van der Waals surface area contributed by atoms with Gasteiger partial charge in [-0.05, 0) is 49.1 Å². The van der Waals surface area contributed by atoms with Crippen LogP contribution in [0, 0.1) is 5.92 Å². The first-order valence-electron chi connectivity index (χ1n) is 9.01. The molecule has 3 rings (SSSR count). The summed E-state index contributed by atoms with van der Waals surface area (Å²) in [7, 11) is -3.67. The number of benzene rings is 2. The molecule has 0 spiro atoms. The van der Waals surface area contributed by atoms with Crippen molar-refractivity contribution in [3.05, 3.63) is 60.2 Å². The molecule has 5 nitrogen and oxygen atoms in total. The molecule has 6 heteroatoms. The number of hydrogen-bond donors (Lipinski definition) is 2. The molecule has 0 heterocycles. The minimum atomic E-state index is -3.67. The molecular formula is C20H24N2O3S. The topological polar surface area (TPSA) is 75.3 Å². The zero-order valence-corrected chi connectivity index (χ0v) is 15.5. The Kier molecular flexibility index (Phi) is 5.93. The molecular weight excluding hydrogens is 348 g/mol. The largest absolute Gasteiger partial charge is 0.352 e. The first-order valence-corrected chi connectivity index (χ1v) is 10.5. The lowest BCUT2D eigenvalue weighted by atomic mass is 9.89. The third-order valence-corrected chi connectivity index (χ3v) is 6.10. The molecule has 1 aliphatic carbocycles. The second-order valence-electron chi connectivity index (χ2n) is 6.71. The summed E-state index contributed by atoms with van der Waals surface area (Å²) in [6.07, 6.45) is 6.08. The van der Waals surface area contributed by atoms with Gasteiger partial charge >= 0.3 is 0 Å². The molecule has 0 aromatic heterocycles. The van der Waals surface area contributed by atoms with E-state index in [-0.39, 0.29) is 10.8 Å². The number of carbonyl (C=O) groups is 1. The van der Waals surface area contributed by atoms with Gasteiger partial charge in [0.05, 0.1) is 4.90 Å². The summed E-state index contributed by atoms with van der Waals surface area (Å²) in [4.78, 5) is 12.6. The summed E-state index contributed by atoms with van der Waals surface area (Å²) >= 11 is 0. The standard InChI is InChI=1S/C20H24N2O3S/c23-20(21-15-16-8-3-1-4-9-16)17-10-7-11-18(14-17)22-26(24,25)19-12-5-2-6-13-19/h2,5-7,10-14,16,22H,1,3-4,8-9,15H2,(H,21,23). The predicted octanol–water partition coefficient (Wildman–Crippen LogP) is 3.80. The molecule has 26 heavy (non-hydrogen) atoms. The number of nitrogens with one attached hydrogen (secondary N) is 2. The van der Waals surface area contributed by atoms with E-state index in [1.54, 1.807) is 42.5 Å². The third-order valence-electron chi connectivity index (χ3n) is 4.71. The minimum Gasteiger partial charge on any atom is -0.352 e. The maximum atomic E-state index is 12.4. The summed E-state index contributed by atoms with van der Waals surface area (Å²) in [5.41, 5.74) is 0.827. The summed E-state index contributed by atoms with van der Waals surface area (Å²) in [6.45, 7) is 0.679. The number of sulfonamides is 1. The fraction of sp³-hybridized carbons (Fsp3) is 0.350. The van der Waals surface area contributed by atoms with Gasteiger partial charge in [0.1, 0.15) is 0 Å². The van der Waals surface area contributed by atoms with Crippen molar-refractivity contribution in [2.24, 2.45) is 5.92 Å². The highest BCUT2D eigenvalue weighted by atomic mass is 32.2. The third kappa shape index (κ3) is 4.85. The van der Waals surface area contributed by atoms with Crippen LogP contribution in [0.2, 0.25) is 0 Å². The van der Waals surface area contributed by atoms with Gasteiger partial charge in [-0.2, -0.15) is 0 Å². The highest BCUT2D eigenvalue weighted by Gasteiger charge is 2.16. The van der Waals surface area contributed by atoms with Crippen LogP contribution in [0.5, 0.6) is 0 Å². The van der Waals surface area contributed by atoms with E-state index in [1.165, 1.54) is 31.4 Å². The average Bonchev–Trinajstić information content (AvgIpc) is 2.67. The van der Waals surface area contributed by atoms with Crippen LogP contribution in [-0.2, 0) is 10.0 Å². The van der Waals surface area contributed by atoms with Crippen LogP contribution < -0.4 is 10.0 Å². The van der Waals surface area contributed by atoms with Crippen LogP contribution >= 0.6 is 0 Å². The molecule has 1 saturated carbocycles. The van der Waals surface area contributed by atoms with Gasteiger partial charge in [0.15, 0.2) is 0 Å². The van der Waals surface area contributed by atoms with Crippen molar-refractivity contribution in [1.82, 2.24) is 5.32 Å². The van der Waals surface area contributed by atoms with E-state index in [2.05, 4.69) is 10.0 Å². The van der Waals surface area contributed by atoms with Gasteiger partial charge in [-0.25, -0.2) is 8.42 Å². The Balaban J connectivity index is 1.65. The summed E-state index contributed by atoms with van der Waals surface area (Å²) < 4.78 is 27.3. The van der Waals surface area contributed by atoms with Gasteiger partial charge in [-0.1, -0.05) is 43.5 Å². The SMILES string of the molecule is O=C(NCC1CCCCC1)c1cccc(NS(=O)(=O)c2ccccc2)c1. The number of hydrogen-bond acceptors (Lipinski definition) is 3. The normalized spacial score (nSPS) is 15.4. The Hall–Kier alpha value is -2.34. The fourth-order valence-corrected chi connectivity index (χ4v) is 4.34. The van der Waals surface area contributed by atoms with E-state index >= 15 is 0 Å². The smallest absolute Gasteiger partial charge is 0.261 e. The van der Waals surface area contributed by atoms with E-state index in [1.807, 2.05) is 0 Å². The van der Waals surface area contributed by atoms with E-state index in [4.69, 9.17) is 0 Å². The molecule has 0 bridgehead atoms. The monoisotopic (exact) mass is 372 g/mol. The lowest BCUT2D eigenvalue weighted by Gasteiger charge is -2.21. The molecule has 0 radical (unpaired) electrons. The van der Waals surface area contributed by atoms with Crippen molar-refractivity contribution in [2.75, 3.05) is 11.3 Å². The van der Waals surface area contributed by atoms with E-state index < -0.39 is 10.0 Å². The molecule has 138 valence electrons. The summed E-state index contributed by atoms with van der Waals surface area (Å²) in [5, 5.41) is 2.97. The second kappa shape index (κ2) is 8.36. The number of carbonyl (C=O) groups excluding carboxylic acids is 1. The molecule has 0 aliphatic heterocycles. The van der Waals surface area contributed by atoms with Gasteiger partial charge in [-0.3, -0.25) is 9.52 Å². The van der Waals surface area contributed by atoms with Crippen molar-refractivity contribution >= 4 is 21.6 Å². The van der Waals surface area contributed by atoms with Crippen molar-refractivity contribution < 1.29 is 13.2 Å². The minimum absolute atomic E-state index is 0.170. The molecule has 1 aliphatic rings. The van der Waals surface area contributed by atoms with E-state index in [0.717, 1.165) is 12.8 Å². The molecule has 2 aromatic carbocycles. The van der Waals surface area contributed by atoms with Crippen LogP contribution in [0.4, 0.5) is 5.69 Å². The average molecular weight is 372 g/mol. The fourth-order valence-electron chi connectivity index (χ4n) is 3.27. The van der Waals surface area contributed by atoms with Crippen LogP contribution in [0.1, 0.15) is 42.5 Å². The van der Waals surface area contributed by atoms with E-state index in [9.17, 15) is 13.2 Å². The first-order chi connectivity index (χ1) is 12.5. The summed E-state index contributed by atoms with van der Waals surface area (Å²) in [5.74, 6) is 0.379. The van der Waals surface area contributed by atoms with Gasteiger partial charge < -0.3 is 5.32 Å². The van der Waals surface area contributed by atoms with Crippen molar-refractivity contribution in [3.8, 4) is 0 Å². The van der Waals surface area contributed by atoms with Crippen LogP contribution in [0.15, 0.2) is 59.5 Å². The number of amides is 1.